The molecule has 1 aromatic carbocycles. The lowest BCUT2D eigenvalue weighted by Crippen LogP contribution is -1.99. The number of rotatable bonds is 5. The van der Waals surface area contributed by atoms with Gasteiger partial charge in [0.1, 0.15) is 0 Å². The zero-order valence-electron chi connectivity index (χ0n) is 14.2. The maximum absolute atomic E-state index is 12.0. The maximum atomic E-state index is 12.0. The van der Waals surface area contributed by atoms with E-state index in [4.69, 9.17) is 4.74 Å². The summed E-state index contributed by atoms with van der Waals surface area (Å²) in [6.07, 6.45) is 6.23. The predicted molar refractivity (Wildman–Crippen MR) is 94.0 cm³/mol. The number of aromatic hydroxyl groups is 1. The van der Waals surface area contributed by atoms with Crippen LogP contribution in [0.2, 0.25) is 0 Å². The van der Waals surface area contributed by atoms with Crippen LogP contribution in [0.1, 0.15) is 28.3 Å². The summed E-state index contributed by atoms with van der Waals surface area (Å²) >= 11 is 0. The smallest absolute Gasteiger partial charge is 0.178 e. The number of nitrogens with zero attached hydrogens (tertiary/aromatic N) is 2. The number of aromatic nitrogens is 2. The molecule has 0 saturated heterocycles. The van der Waals surface area contributed by atoms with Gasteiger partial charge < -0.3 is 9.84 Å². The zero-order valence-corrected chi connectivity index (χ0v) is 14.2. The van der Waals surface area contributed by atoms with Gasteiger partial charge in [-0.05, 0) is 56.7 Å². The number of phenolic OH excluding ortho intramolecular Hbond substituents is 1. The van der Waals surface area contributed by atoms with E-state index < -0.39 is 0 Å². The molecule has 1 aromatic heterocycles. The van der Waals surface area contributed by atoms with Crippen molar-refractivity contribution in [1.29, 1.82) is 0 Å². The van der Waals surface area contributed by atoms with E-state index in [0.717, 1.165) is 22.6 Å². The van der Waals surface area contributed by atoms with Crippen LogP contribution in [0.3, 0.4) is 0 Å². The summed E-state index contributed by atoms with van der Waals surface area (Å²) in [5, 5.41) is 9.55. The number of carbonyl (C=O) groups excluding carboxylic acids is 1. The van der Waals surface area contributed by atoms with Crippen molar-refractivity contribution in [2.75, 3.05) is 7.11 Å². The Hall–Kier alpha value is -2.95. The second-order valence-corrected chi connectivity index (χ2v) is 5.37. The van der Waals surface area contributed by atoms with Crippen molar-refractivity contribution < 1.29 is 14.6 Å². The van der Waals surface area contributed by atoms with E-state index in [-0.39, 0.29) is 11.5 Å². The lowest BCUT2D eigenvalue weighted by Gasteiger charge is -2.03. The first-order valence-corrected chi connectivity index (χ1v) is 7.49. The van der Waals surface area contributed by atoms with Gasteiger partial charge in [-0.3, -0.25) is 9.78 Å². The van der Waals surface area contributed by atoms with Crippen molar-refractivity contribution in [1.82, 2.24) is 9.97 Å². The molecule has 1 heterocycles. The van der Waals surface area contributed by atoms with E-state index in [0.29, 0.717) is 11.4 Å². The Morgan fingerprint density at radius 2 is 1.71 bits per heavy atom. The fourth-order valence-corrected chi connectivity index (χ4v) is 2.08. The summed E-state index contributed by atoms with van der Waals surface area (Å²) in [5.74, 6) is 0.257. The van der Waals surface area contributed by atoms with Gasteiger partial charge in [-0.1, -0.05) is 12.1 Å². The molecule has 0 unspecified atom stereocenters. The number of allylic oxidation sites excluding steroid dienone is 2. The standard InChI is InChI=1S/C19H20N2O3/c1-12-13(2)21-17(14(3)20-12)9-8-16(22)7-5-15-6-10-18(23)19(11-15)24-4/h5-11,23H,1-4H3/b7-5+,9-8+. The number of methoxy groups -OCH3 is 1. The summed E-state index contributed by atoms with van der Waals surface area (Å²) < 4.78 is 5.03. The minimum absolute atomic E-state index is 0.0599. The van der Waals surface area contributed by atoms with Crippen LogP contribution in [0.15, 0.2) is 30.4 Å². The number of benzene rings is 1. The van der Waals surface area contributed by atoms with Gasteiger partial charge >= 0.3 is 0 Å². The average Bonchev–Trinajstić information content (AvgIpc) is 2.56. The minimum atomic E-state index is -0.165. The van der Waals surface area contributed by atoms with Crippen LogP contribution in [-0.4, -0.2) is 28.0 Å². The third kappa shape index (κ3) is 4.29. The third-order valence-electron chi connectivity index (χ3n) is 3.57. The largest absolute Gasteiger partial charge is 0.504 e. The highest BCUT2D eigenvalue weighted by molar-refractivity contribution is 6.04. The zero-order chi connectivity index (χ0) is 17.7. The van der Waals surface area contributed by atoms with Gasteiger partial charge in [-0.25, -0.2) is 4.98 Å². The van der Waals surface area contributed by atoms with Gasteiger partial charge in [0.05, 0.1) is 29.9 Å². The van der Waals surface area contributed by atoms with Crippen molar-refractivity contribution in [3.05, 3.63) is 58.7 Å². The van der Waals surface area contributed by atoms with Crippen LogP contribution in [0, 0.1) is 20.8 Å². The molecule has 5 nitrogen and oxygen atoms in total. The predicted octanol–water partition coefficient (Wildman–Crippen LogP) is 3.41. The van der Waals surface area contributed by atoms with Crippen LogP contribution in [0.4, 0.5) is 0 Å². The molecule has 0 fully saturated rings. The van der Waals surface area contributed by atoms with Crippen molar-refractivity contribution in [2.45, 2.75) is 20.8 Å². The molecule has 0 saturated carbocycles. The molecule has 5 heteroatoms. The summed E-state index contributed by atoms with van der Waals surface area (Å²) in [4.78, 5) is 20.8. The fourth-order valence-electron chi connectivity index (χ4n) is 2.08. The molecule has 0 bridgehead atoms. The van der Waals surface area contributed by atoms with E-state index in [1.54, 1.807) is 24.3 Å². The van der Waals surface area contributed by atoms with Crippen molar-refractivity contribution in [3.8, 4) is 11.5 Å². The van der Waals surface area contributed by atoms with Crippen molar-refractivity contribution in [3.63, 3.8) is 0 Å². The van der Waals surface area contributed by atoms with E-state index in [1.165, 1.54) is 25.3 Å². The Kier molecular flexibility index (Phi) is 5.47. The topological polar surface area (TPSA) is 72.3 Å². The summed E-state index contributed by atoms with van der Waals surface area (Å²) in [7, 11) is 1.48. The molecule has 0 amide bonds. The van der Waals surface area contributed by atoms with E-state index in [1.807, 2.05) is 20.8 Å². The first-order chi connectivity index (χ1) is 11.4. The minimum Gasteiger partial charge on any atom is -0.504 e. The van der Waals surface area contributed by atoms with E-state index >= 15 is 0 Å². The highest BCUT2D eigenvalue weighted by Gasteiger charge is 2.03. The van der Waals surface area contributed by atoms with Crippen LogP contribution in [0.25, 0.3) is 12.2 Å². The van der Waals surface area contributed by atoms with Crippen molar-refractivity contribution in [2.24, 2.45) is 0 Å². The quantitative estimate of drug-likeness (QED) is 0.853. The van der Waals surface area contributed by atoms with Gasteiger partial charge in [0.25, 0.3) is 0 Å². The van der Waals surface area contributed by atoms with Gasteiger partial charge in [0.15, 0.2) is 17.3 Å². The van der Waals surface area contributed by atoms with Crippen LogP contribution < -0.4 is 4.74 Å². The van der Waals surface area contributed by atoms with Crippen LogP contribution in [-0.2, 0) is 4.79 Å². The van der Waals surface area contributed by atoms with Crippen LogP contribution in [0.5, 0.6) is 11.5 Å². The number of phenols is 1. The average molecular weight is 324 g/mol. The molecule has 2 rings (SSSR count). The first-order valence-electron chi connectivity index (χ1n) is 7.49. The number of ether oxygens (including phenoxy) is 1. The monoisotopic (exact) mass is 324 g/mol. The Labute approximate surface area is 141 Å². The summed E-state index contributed by atoms with van der Waals surface area (Å²) in [6.45, 7) is 5.66. The Morgan fingerprint density at radius 1 is 1.04 bits per heavy atom. The molecule has 1 N–H and O–H groups in total. The van der Waals surface area contributed by atoms with Gasteiger partial charge in [0.2, 0.25) is 0 Å². The molecule has 24 heavy (non-hydrogen) atoms. The molecule has 0 atom stereocenters. The number of hydrogen-bond donors (Lipinski definition) is 1. The molecule has 0 aliphatic rings. The first kappa shape index (κ1) is 17.4. The maximum Gasteiger partial charge on any atom is 0.178 e. The molecule has 2 aromatic rings. The Morgan fingerprint density at radius 3 is 2.42 bits per heavy atom. The van der Waals surface area contributed by atoms with E-state index in [2.05, 4.69) is 9.97 Å². The highest BCUT2D eigenvalue weighted by atomic mass is 16.5. The fraction of sp³-hybridized carbons (Fsp3) is 0.211. The molecular weight excluding hydrogens is 304 g/mol. The van der Waals surface area contributed by atoms with Gasteiger partial charge in [-0.15, -0.1) is 0 Å². The second-order valence-electron chi connectivity index (χ2n) is 5.37. The molecule has 124 valence electrons. The Bertz CT molecular complexity index is 824. The number of ketones is 1. The number of hydrogen-bond acceptors (Lipinski definition) is 5. The normalized spacial score (nSPS) is 11.3. The molecular formula is C19H20N2O3. The lowest BCUT2D eigenvalue weighted by atomic mass is 10.1. The lowest BCUT2D eigenvalue weighted by molar-refractivity contribution is -0.110. The van der Waals surface area contributed by atoms with E-state index in [9.17, 15) is 9.90 Å². The van der Waals surface area contributed by atoms with Crippen LogP contribution >= 0.6 is 0 Å². The van der Waals surface area contributed by atoms with Gasteiger partial charge in [-0.2, -0.15) is 0 Å². The third-order valence-corrected chi connectivity index (χ3v) is 3.57. The second kappa shape index (κ2) is 7.55. The molecule has 0 spiro atoms. The van der Waals surface area contributed by atoms with Crippen molar-refractivity contribution >= 4 is 17.9 Å². The summed E-state index contributed by atoms with van der Waals surface area (Å²) in [6, 6.07) is 4.87. The molecule has 0 aliphatic carbocycles. The SMILES string of the molecule is COc1cc(/C=C/C(=O)/C=C/c2nc(C)c(C)nc2C)ccc1O. The number of aryl methyl sites for hydroxylation is 3. The molecule has 0 aliphatic heterocycles. The summed E-state index contributed by atoms with van der Waals surface area (Å²) in [5.41, 5.74) is 3.96. The Balaban J connectivity index is 2.12. The van der Waals surface area contributed by atoms with Gasteiger partial charge in [0, 0.05) is 0 Å². The molecule has 0 radical (unpaired) electrons. The highest BCUT2D eigenvalue weighted by Crippen LogP contribution is 2.26. The number of carbonyl (C=O) groups is 1.